The molecule has 0 aromatic carbocycles. The van der Waals surface area contributed by atoms with Crippen molar-refractivity contribution in [2.45, 2.75) is 45.2 Å². The number of carbonyl (C=O) groups excluding carboxylic acids is 1. The van der Waals surface area contributed by atoms with E-state index in [1.807, 2.05) is 32.5 Å². The summed E-state index contributed by atoms with van der Waals surface area (Å²) in [5, 5.41) is 13.3. The number of hydrogen-bond donors (Lipinski definition) is 2. The molecule has 2 aromatic heterocycles. The number of nitrogens with one attached hydrogen (secondary N) is 2. The monoisotopic (exact) mass is 319 g/mol. The summed E-state index contributed by atoms with van der Waals surface area (Å²) in [6.07, 6.45) is 4.44. The molecule has 0 radical (unpaired) electrons. The molecule has 2 amide bonds. The summed E-state index contributed by atoms with van der Waals surface area (Å²) in [5.41, 5.74) is 2.90. The second-order valence-electron chi connectivity index (χ2n) is 5.84. The van der Waals surface area contributed by atoms with E-state index in [1.54, 1.807) is 16.0 Å². The lowest BCUT2D eigenvalue weighted by atomic mass is 10.1. The smallest absolute Gasteiger partial charge is 0.315 e. The predicted molar refractivity (Wildman–Crippen MR) is 85.8 cm³/mol. The van der Waals surface area contributed by atoms with Crippen LogP contribution in [-0.4, -0.2) is 20.8 Å². The van der Waals surface area contributed by atoms with Crippen LogP contribution in [-0.2, 0) is 13.6 Å². The van der Waals surface area contributed by atoms with Crippen molar-refractivity contribution < 1.29 is 4.79 Å². The summed E-state index contributed by atoms with van der Waals surface area (Å²) in [6.45, 7) is 4.37. The molecule has 1 fully saturated rings. The van der Waals surface area contributed by atoms with Crippen LogP contribution in [0.4, 0.5) is 4.79 Å². The van der Waals surface area contributed by atoms with Crippen LogP contribution in [0.5, 0.6) is 0 Å². The highest BCUT2D eigenvalue weighted by Crippen LogP contribution is 2.41. The van der Waals surface area contributed by atoms with Crippen LogP contribution in [0.2, 0.25) is 0 Å². The number of urea groups is 1. The molecule has 0 saturated heterocycles. The Morgan fingerprint density at radius 3 is 2.95 bits per heavy atom. The highest BCUT2D eigenvalue weighted by molar-refractivity contribution is 7.09. The van der Waals surface area contributed by atoms with Crippen molar-refractivity contribution in [3.8, 4) is 0 Å². The molecule has 2 aromatic rings. The Hall–Kier alpha value is -1.89. The van der Waals surface area contributed by atoms with Crippen LogP contribution in [0.1, 0.15) is 53.7 Å². The molecule has 1 aliphatic carbocycles. The molecular formula is C15H21N5OS. The first-order valence-electron chi connectivity index (χ1n) is 7.51. The average molecular weight is 319 g/mol. The molecule has 2 heterocycles. The van der Waals surface area contributed by atoms with Gasteiger partial charge in [0, 0.05) is 30.1 Å². The molecule has 3 rings (SSSR count). The largest absolute Gasteiger partial charge is 0.332 e. The molecule has 1 atom stereocenters. The number of nitrogens with zero attached hydrogens (tertiary/aromatic N) is 3. The lowest BCUT2D eigenvalue weighted by Gasteiger charge is -2.13. The number of thiazole rings is 1. The third-order valence-electron chi connectivity index (χ3n) is 3.79. The van der Waals surface area contributed by atoms with Gasteiger partial charge in [-0.2, -0.15) is 5.10 Å². The first-order chi connectivity index (χ1) is 10.5. The van der Waals surface area contributed by atoms with E-state index in [0.29, 0.717) is 12.5 Å². The minimum atomic E-state index is -0.184. The highest BCUT2D eigenvalue weighted by atomic mass is 32.1. The molecule has 2 N–H and O–H groups in total. The molecule has 0 aliphatic heterocycles. The van der Waals surface area contributed by atoms with Gasteiger partial charge in [-0.25, -0.2) is 9.78 Å². The molecule has 118 valence electrons. The maximum Gasteiger partial charge on any atom is 0.315 e. The first kappa shape index (κ1) is 15.0. The van der Waals surface area contributed by atoms with Gasteiger partial charge in [-0.1, -0.05) is 0 Å². The van der Waals surface area contributed by atoms with E-state index in [9.17, 15) is 4.79 Å². The van der Waals surface area contributed by atoms with E-state index in [0.717, 1.165) is 17.0 Å². The summed E-state index contributed by atoms with van der Waals surface area (Å²) in [7, 11) is 1.88. The normalized spacial score (nSPS) is 15.6. The van der Waals surface area contributed by atoms with Crippen molar-refractivity contribution in [2.24, 2.45) is 7.05 Å². The van der Waals surface area contributed by atoms with Gasteiger partial charge in [0.15, 0.2) is 0 Å². The zero-order valence-electron chi connectivity index (χ0n) is 13.1. The summed E-state index contributed by atoms with van der Waals surface area (Å²) >= 11 is 1.69. The molecule has 1 aliphatic rings. The standard InChI is InChI=1S/C15H21N5OS/c1-9(13-7-20(3)19-10(13)2)17-15(21)16-6-12-8-22-14(18-12)11-4-5-11/h7-9,11H,4-6H2,1-3H3,(H2,16,17,21)/t9-/m1/s1. The van der Waals surface area contributed by atoms with Crippen LogP contribution in [0.15, 0.2) is 11.6 Å². The molecule has 0 bridgehead atoms. The molecule has 0 spiro atoms. The van der Waals surface area contributed by atoms with Gasteiger partial charge in [-0.15, -0.1) is 11.3 Å². The number of carbonyl (C=O) groups is 1. The van der Waals surface area contributed by atoms with Gasteiger partial charge in [0.1, 0.15) is 0 Å². The van der Waals surface area contributed by atoms with E-state index < -0.39 is 0 Å². The number of amides is 2. The van der Waals surface area contributed by atoms with Gasteiger partial charge < -0.3 is 10.6 Å². The van der Waals surface area contributed by atoms with Gasteiger partial charge in [0.2, 0.25) is 0 Å². The van der Waals surface area contributed by atoms with E-state index in [-0.39, 0.29) is 12.1 Å². The second kappa shape index (κ2) is 6.08. The molecule has 1 saturated carbocycles. The summed E-state index contributed by atoms with van der Waals surface area (Å²) < 4.78 is 1.76. The van der Waals surface area contributed by atoms with E-state index in [4.69, 9.17) is 0 Å². The summed E-state index contributed by atoms with van der Waals surface area (Å²) in [5.74, 6) is 0.668. The SMILES string of the molecule is Cc1nn(C)cc1[C@@H](C)NC(=O)NCc1csc(C2CC2)n1. The Bertz CT molecular complexity index is 673. The van der Waals surface area contributed by atoms with Crippen molar-refractivity contribution in [1.82, 2.24) is 25.4 Å². The Morgan fingerprint density at radius 2 is 2.32 bits per heavy atom. The first-order valence-corrected chi connectivity index (χ1v) is 8.39. The second-order valence-corrected chi connectivity index (χ2v) is 6.73. The number of hydrogen-bond acceptors (Lipinski definition) is 4. The van der Waals surface area contributed by atoms with Crippen LogP contribution in [0, 0.1) is 6.92 Å². The maximum absolute atomic E-state index is 12.0. The fraction of sp³-hybridized carbons (Fsp3) is 0.533. The third-order valence-corrected chi connectivity index (χ3v) is 4.85. The summed E-state index contributed by atoms with van der Waals surface area (Å²) in [6, 6.07) is -0.261. The van der Waals surface area contributed by atoms with Gasteiger partial charge in [-0.05, 0) is 26.7 Å². The molecule has 22 heavy (non-hydrogen) atoms. The lowest BCUT2D eigenvalue weighted by molar-refractivity contribution is 0.237. The summed E-state index contributed by atoms with van der Waals surface area (Å²) in [4.78, 5) is 16.6. The Labute approximate surface area is 133 Å². The Balaban J connectivity index is 1.50. The average Bonchev–Trinajstić information content (AvgIpc) is 3.11. The van der Waals surface area contributed by atoms with Crippen LogP contribution in [0.25, 0.3) is 0 Å². The van der Waals surface area contributed by atoms with Crippen LogP contribution >= 0.6 is 11.3 Å². The quantitative estimate of drug-likeness (QED) is 0.890. The van der Waals surface area contributed by atoms with Crippen molar-refractivity contribution in [3.63, 3.8) is 0 Å². The van der Waals surface area contributed by atoms with Crippen molar-refractivity contribution in [1.29, 1.82) is 0 Å². The van der Waals surface area contributed by atoms with Gasteiger partial charge in [0.05, 0.1) is 29.0 Å². The fourth-order valence-electron chi connectivity index (χ4n) is 2.46. The Kier molecular flexibility index (Phi) is 4.15. The number of aromatic nitrogens is 3. The zero-order valence-corrected chi connectivity index (χ0v) is 13.9. The molecule has 0 unspecified atom stereocenters. The third kappa shape index (κ3) is 3.47. The number of aryl methyl sites for hydroxylation is 2. The van der Waals surface area contributed by atoms with Crippen LogP contribution < -0.4 is 10.6 Å². The topological polar surface area (TPSA) is 71.8 Å². The predicted octanol–water partition coefficient (Wildman–Crippen LogP) is 2.62. The van der Waals surface area contributed by atoms with E-state index in [1.165, 1.54) is 17.8 Å². The van der Waals surface area contributed by atoms with Gasteiger partial charge in [0.25, 0.3) is 0 Å². The Morgan fingerprint density at radius 1 is 1.55 bits per heavy atom. The lowest BCUT2D eigenvalue weighted by Crippen LogP contribution is -2.36. The maximum atomic E-state index is 12.0. The molecular weight excluding hydrogens is 298 g/mol. The molecule has 6 nitrogen and oxygen atoms in total. The zero-order chi connectivity index (χ0) is 15.7. The van der Waals surface area contributed by atoms with Crippen molar-refractivity contribution in [3.05, 3.63) is 33.5 Å². The minimum absolute atomic E-state index is 0.0776. The molecule has 7 heteroatoms. The van der Waals surface area contributed by atoms with Crippen LogP contribution in [0.3, 0.4) is 0 Å². The van der Waals surface area contributed by atoms with E-state index in [2.05, 4.69) is 20.7 Å². The van der Waals surface area contributed by atoms with Gasteiger partial charge >= 0.3 is 6.03 Å². The highest BCUT2D eigenvalue weighted by Gasteiger charge is 2.26. The minimum Gasteiger partial charge on any atom is -0.332 e. The fourth-order valence-corrected chi connectivity index (χ4v) is 3.45. The van der Waals surface area contributed by atoms with Crippen molar-refractivity contribution in [2.75, 3.05) is 0 Å². The number of rotatable bonds is 5. The van der Waals surface area contributed by atoms with E-state index >= 15 is 0 Å². The van der Waals surface area contributed by atoms with Crippen molar-refractivity contribution >= 4 is 17.4 Å². The van der Waals surface area contributed by atoms with Gasteiger partial charge in [-0.3, -0.25) is 4.68 Å².